The molecule has 3 heterocycles. The summed E-state index contributed by atoms with van der Waals surface area (Å²) in [5.41, 5.74) is 5.17. The number of aromatic nitrogens is 2. The number of halogens is 2. The summed E-state index contributed by atoms with van der Waals surface area (Å²) in [7, 11) is 1.75. The zero-order valence-electron chi connectivity index (χ0n) is 27.6. The molecule has 6 rings (SSSR count). The molecule has 0 saturated heterocycles. The van der Waals surface area contributed by atoms with Crippen molar-refractivity contribution < 1.29 is 24.1 Å². The number of thioether (sulfide) groups is 1. The molecule has 0 radical (unpaired) electrons. The number of aliphatic hydroxyl groups is 1. The van der Waals surface area contributed by atoms with Crippen molar-refractivity contribution in [3.05, 3.63) is 97.0 Å². The number of hydrazone groups is 1. The monoisotopic (exact) mass is 720 g/mol. The van der Waals surface area contributed by atoms with Crippen molar-refractivity contribution in [3.63, 3.8) is 0 Å². The average Bonchev–Trinajstić information content (AvgIpc) is 3.57. The predicted molar refractivity (Wildman–Crippen MR) is 199 cm³/mol. The first-order valence-corrected chi connectivity index (χ1v) is 18.5. The Morgan fingerprint density at radius 1 is 1.16 bits per heavy atom. The van der Waals surface area contributed by atoms with Crippen molar-refractivity contribution in [1.29, 1.82) is 0 Å². The molecule has 2 aromatic heterocycles. The van der Waals surface area contributed by atoms with Gasteiger partial charge in [0.2, 0.25) is 0 Å². The Hall–Kier alpha value is -3.90. The van der Waals surface area contributed by atoms with Gasteiger partial charge in [0.15, 0.2) is 0 Å². The van der Waals surface area contributed by atoms with Crippen LogP contribution in [-0.2, 0) is 32.1 Å². The number of nitrogens with zero attached hydrogens (tertiary/aromatic N) is 4. The second kappa shape index (κ2) is 15.3. The first-order chi connectivity index (χ1) is 23.7. The van der Waals surface area contributed by atoms with Crippen LogP contribution in [0.4, 0.5) is 4.39 Å². The SMILES string of the molecule is C/C=N/N(CCO)/C1=C/c2c(Cl)ccc3c(c(C(=O)O)n(C)c23)CCCOc2cc(cc3cc(F)ccc23)CCc2sc(nc2C)CSC1. The summed E-state index contributed by atoms with van der Waals surface area (Å²) in [4.78, 5) is 18.8. The van der Waals surface area contributed by atoms with Crippen LogP contribution in [0.5, 0.6) is 5.75 Å². The summed E-state index contributed by atoms with van der Waals surface area (Å²) in [6.45, 7) is 4.39. The van der Waals surface area contributed by atoms with Crippen LogP contribution in [0.3, 0.4) is 0 Å². The molecule has 0 amide bonds. The van der Waals surface area contributed by atoms with Gasteiger partial charge < -0.3 is 19.5 Å². The van der Waals surface area contributed by atoms with Crippen molar-refractivity contribution in [2.45, 2.75) is 45.3 Å². The molecule has 1 aliphatic heterocycles. The third kappa shape index (κ3) is 7.50. The number of fused-ring (bicyclic) bond motifs is 6. The summed E-state index contributed by atoms with van der Waals surface area (Å²) < 4.78 is 22.4. The minimum absolute atomic E-state index is 0.0983. The number of carboxylic acid groups (broad SMARTS) is 1. The number of rotatable bonds is 5. The fourth-order valence-corrected chi connectivity index (χ4v) is 8.84. The van der Waals surface area contributed by atoms with Gasteiger partial charge in [-0.05, 0) is 92.5 Å². The summed E-state index contributed by atoms with van der Waals surface area (Å²) >= 11 is 10.3. The molecule has 8 nitrogen and oxygen atoms in total. The standard InChI is InChI=1S/C37H38ClFN4O4S2/c1-4-40-43(13-14-44)26-19-30-31(38)11-10-29-28(36(37(45)46)42(3)35(29)30)6-5-15-47-32-17-23(16-24-18-25(39)8-9-27(24)32)7-12-33-22(2)41-34(49-33)21-48-20-26/h4,8-11,16-19,44H,5-7,12-15,20-21H2,1-3H3,(H,45,46)/b26-19+,40-4+. The highest BCUT2D eigenvalue weighted by Gasteiger charge is 2.24. The van der Waals surface area contributed by atoms with Crippen molar-refractivity contribution in [3.8, 4) is 5.75 Å². The van der Waals surface area contributed by atoms with Gasteiger partial charge in [0.05, 0.1) is 31.0 Å². The first kappa shape index (κ1) is 34.9. The molecule has 0 spiro atoms. The molecular weight excluding hydrogens is 683 g/mol. The van der Waals surface area contributed by atoms with Gasteiger partial charge in [0, 0.05) is 56.7 Å². The largest absolute Gasteiger partial charge is 0.493 e. The van der Waals surface area contributed by atoms with Crippen molar-refractivity contribution in [2.24, 2.45) is 12.1 Å². The number of carbonyl (C=O) groups is 1. The molecular formula is C37H38ClFN4O4S2. The maximum atomic E-state index is 14.3. The molecule has 0 fully saturated rings. The molecule has 2 N–H and O–H groups in total. The first-order valence-electron chi connectivity index (χ1n) is 16.2. The van der Waals surface area contributed by atoms with E-state index in [0.29, 0.717) is 58.4 Å². The van der Waals surface area contributed by atoms with E-state index in [4.69, 9.17) is 21.3 Å². The van der Waals surface area contributed by atoms with Crippen molar-refractivity contribution in [1.82, 2.24) is 14.6 Å². The average molecular weight is 721 g/mol. The Balaban J connectivity index is 1.47. The zero-order valence-corrected chi connectivity index (χ0v) is 30.0. The van der Waals surface area contributed by atoms with Crippen LogP contribution in [0.1, 0.15) is 56.1 Å². The summed E-state index contributed by atoms with van der Waals surface area (Å²) in [6.07, 6.45) is 6.20. The molecule has 0 atom stereocenters. The number of aryl methyl sites for hydroxylation is 5. The van der Waals surface area contributed by atoms with Gasteiger partial charge >= 0.3 is 5.97 Å². The predicted octanol–water partition coefficient (Wildman–Crippen LogP) is 8.27. The lowest BCUT2D eigenvalue weighted by Gasteiger charge is -2.22. The highest BCUT2D eigenvalue weighted by Crippen LogP contribution is 2.36. The third-order valence-corrected chi connectivity index (χ3v) is 11.4. The molecule has 8 bridgehead atoms. The fraction of sp³-hybridized carbons (Fsp3) is 0.324. The molecule has 1 aliphatic rings. The van der Waals surface area contributed by atoms with E-state index in [9.17, 15) is 19.4 Å². The molecule has 0 aliphatic carbocycles. The van der Waals surface area contributed by atoms with Gasteiger partial charge in [-0.2, -0.15) is 5.10 Å². The van der Waals surface area contributed by atoms with Crippen LogP contribution in [0.15, 0.2) is 53.3 Å². The maximum absolute atomic E-state index is 14.3. The van der Waals surface area contributed by atoms with Gasteiger partial charge in [0.1, 0.15) is 22.3 Å². The Bertz CT molecular complexity index is 2090. The second-order valence-electron chi connectivity index (χ2n) is 11.9. The molecule has 49 heavy (non-hydrogen) atoms. The Labute approximate surface area is 297 Å². The van der Waals surface area contributed by atoms with Gasteiger partial charge in [-0.25, -0.2) is 14.2 Å². The lowest BCUT2D eigenvalue weighted by atomic mass is 10.0. The van der Waals surface area contributed by atoms with E-state index in [1.807, 2.05) is 38.1 Å². The number of hydrogen-bond acceptors (Lipinski definition) is 8. The van der Waals surface area contributed by atoms with E-state index in [0.717, 1.165) is 51.0 Å². The maximum Gasteiger partial charge on any atom is 0.352 e. The lowest BCUT2D eigenvalue weighted by molar-refractivity contribution is 0.0685. The van der Waals surface area contributed by atoms with Gasteiger partial charge in [-0.1, -0.05) is 23.7 Å². The molecule has 12 heteroatoms. The minimum Gasteiger partial charge on any atom is -0.493 e. The molecule has 0 saturated carbocycles. The van der Waals surface area contributed by atoms with E-state index in [2.05, 4.69) is 5.10 Å². The van der Waals surface area contributed by atoms with E-state index >= 15 is 0 Å². The number of aliphatic hydroxyl groups excluding tert-OH is 1. The highest BCUT2D eigenvalue weighted by atomic mass is 35.5. The minimum atomic E-state index is -1.03. The van der Waals surface area contributed by atoms with E-state index in [1.165, 1.54) is 17.0 Å². The number of hydrogen-bond donors (Lipinski definition) is 2. The van der Waals surface area contributed by atoms with Crippen molar-refractivity contribution in [2.75, 3.05) is 25.5 Å². The number of aromatic carboxylic acids is 1. The quantitative estimate of drug-likeness (QED) is 0.139. The van der Waals surface area contributed by atoms with Crippen LogP contribution in [0.25, 0.3) is 27.8 Å². The summed E-state index contributed by atoms with van der Waals surface area (Å²) in [5, 5.41) is 30.5. The second-order valence-corrected chi connectivity index (χ2v) is 14.5. The van der Waals surface area contributed by atoms with E-state index in [-0.39, 0.29) is 24.7 Å². The highest BCUT2D eigenvalue weighted by molar-refractivity contribution is 7.98. The normalized spacial score (nSPS) is 15.7. The molecule has 256 valence electrons. The molecule has 5 aromatic rings. The van der Waals surface area contributed by atoms with Crippen LogP contribution >= 0.6 is 34.7 Å². The molecule has 0 unspecified atom stereocenters. The topological polar surface area (TPSA) is 100 Å². The number of carboxylic acids is 1. The van der Waals surface area contributed by atoms with E-state index < -0.39 is 5.97 Å². The zero-order chi connectivity index (χ0) is 34.7. The van der Waals surface area contributed by atoms with Crippen LogP contribution in [-0.4, -0.2) is 62.5 Å². The summed E-state index contributed by atoms with van der Waals surface area (Å²) in [6, 6.07) is 12.5. The Kier molecular flexibility index (Phi) is 10.9. The van der Waals surface area contributed by atoms with Crippen LogP contribution in [0.2, 0.25) is 5.02 Å². The lowest BCUT2D eigenvalue weighted by Crippen LogP contribution is -2.22. The Morgan fingerprint density at radius 2 is 1.98 bits per heavy atom. The summed E-state index contributed by atoms with van der Waals surface area (Å²) in [5.74, 6) is 0.580. The van der Waals surface area contributed by atoms with Gasteiger partial charge in [-0.15, -0.1) is 23.1 Å². The smallest absolute Gasteiger partial charge is 0.352 e. The number of thiazole rings is 1. The van der Waals surface area contributed by atoms with Crippen LogP contribution in [0, 0.1) is 12.7 Å². The van der Waals surface area contributed by atoms with Gasteiger partial charge in [0.25, 0.3) is 0 Å². The van der Waals surface area contributed by atoms with Crippen LogP contribution < -0.4 is 4.74 Å². The fourth-order valence-electron chi connectivity index (χ4n) is 6.50. The van der Waals surface area contributed by atoms with E-state index in [1.54, 1.807) is 58.1 Å². The van der Waals surface area contributed by atoms with Crippen molar-refractivity contribution >= 4 is 74.6 Å². The third-order valence-electron chi connectivity index (χ3n) is 8.68. The Morgan fingerprint density at radius 3 is 2.76 bits per heavy atom. The molecule has 3 aromatic carbocycles. The van der Waals surface area contributed by atoms with Gasteiger partial charge in [-0.3, -0.25) is 5.01 Å². The number of benzene rings is 3. The number of ether oxygens (including phenoxy) is 1.